The molecule has 0 unspecified atom stereocenters. The predicted molar refractivity (Wildman–Crippen MR) is 65.6 cm³/mol. The summed E-state index contributed by atoms with van der Waals surface area (Å²) in [5, 5.41) is 0.673. The van der Waals surface area contributed by atoms with Gasteiger partial charge in [-0.25, -0.2) is 4.98 Å². The summed E-state index contributed by atoms with van der Waals surface area (Å²) in [6.07, 6.45) is 2.37. The van der Waals surface area contributed by atoms with E-state index in [2.05, 4.69) is 29.1 Å². The fourth-order valence-electron chi connectivity index (χ4n) is 2.27. The van der Waals surface area contributed by atoms with Gasteiger partial charge in [0.25, 0.3) is 0 Å². The maximum absolute atomic E-state index is 5.75. The fourth-order valence-corrected chi connectivity index (χ4v) is 3.17. The monoisotopic (exact) mass is 219 g/mol. The first-order valence-corrected chi connectivity index (χ1v) is 5.96. The topological polar surface area (TPSA) is 42.2 Å². The minimum atomic E-state index is 0.673. The number of anilines is 2. The molecule has 1 aromatic heterocycles. The van der Waals surface area contributed by atoms with Crippen molar-refractivity contribution in [2.45, 2.75) is 12.8 Å². The van der Waals surface area contributed by atoms with Crippen molar-refractivity contribution >= 4 is 32.4 Å². The number of nitrogens with zero attached hydrogens (tertiary/aromatic N) is 2. The van der Waals surface area contributed by atoms with Gasteiger partial charge in [0.1, 0.15) is 0 Å². The smallest absolute Gasteiger partial charge is 0.181 e. The fraction of sp³-hybridized carbons (Fsp3) is 0.364. The van der Waals surface area contributed by atoms with Gasteiger partial charge in [-0.3, -0.25) is 0 Å². The van der Waals surface area contributed by atoms with Crippen LogP contribution >= 0.6 is 11.3 Å². The number of thiazole rings is 1. The van der Waals surface area contributed by atoms with E-state index in [4.69, 9.17) is 5.73 Å². The Hall–Kier alpha value is -1.29. The van der Waals surface area contributed by atoms with Crippen molar-refractivity contribution in [3.05, 3.63) is 17.7 Å². The normalized spacial score (nSPS) is 15.7. The molecule has 0 atom stereocenters. The lowest BCUT2D eigenvalue weighted by Gasteiger charge is -2.27. The van der Waals surface area contributed by atoms with E-state index >= 15 is 0 Å². The number of nitrogen functional groups attached to an aromatic ring is 1. The first-order valence-electron chi connectivity index (χ1n) is 5.15. The molecular weight excluding hydrogens is 206 g/mol. The zero-order valence-corrected chi connectivity index (χ0v) is 9.47. The summed E-state index contributed by atoms with van der Waals surface area (Å²) in [7, 11) is 2.15. The van der Waals surface area contributed by atoms with E-state index in [1.54, 1.807) is 11.3 Å². The van der Waals surface area contributed by atoms with Crippen LogP contribution in [0.1, 0.15) is 12.0 Å². The Morgan fingerprint density at radius 1 is 1.47 bits per heavy atom. The molecule has 2 aromatic rings. The van der Waals surface area contributed by atoms with Crippen molar-refractivity contribution in [1.82, 2.24) is 4.98 Å². The van der Waals surface area contributed by atoms with E-state index in [0.29, 0.717) is 5.13 Å². The molecule has 4 heteroatoms. The Morgan fingerprint density at radius 2 is 2.33 bits per heavy atom. The van der Waals surface area contributed by atoms with E-state index in [-0.39, 0.29) is 0 Å². The van der Waals surface area contributed by atoms with Crippen molar-refractivity contribution < 1.29 is 0 Å². The number of aromatic nitrogens is 1. The quantitative estimate of drug-likeness (QED) is 0.739. The molecule has 1 aromatic carbocycles. The third-order valence-corrected chi connectivity index (χ3v) is 3.94. The minimum Gasteiger partial charge on any atom is -0.375 e. The number of fused-ring (bicyclic) bond motifs is 3. The van der Waals surface area contributed by atoms with Crippen LogP contribution in [0.3, 0.4) is 0 Å². The first-order chi connectivity index (χ1) is 7.25. The molecule has 1 aliphatic heterocycles. The van der Waals surface area contributed by atoms with Crippen molar-refractivity contribution in [2.75, 3.05) is 24.2 Å². The van der Waals surface area contributed by atoms with E-state index < -0.39 is 0 Å². The van der Waals surface area contributed by atoms with Crippen molar-refractivity contribution in [1.29, 1.82) is 0 Å². The van der Waals surface area contributed by atoms with Crippen LogP contribution in [0.25, 0.3) is 10.2 Å². The van der Waals surface area contributed by atoms with Crippen LogP contribution in [-0.4, -0.2) is 18.6 Å². The number of aryl methyl sites for hydroxylation is 1. The van der Waals surface area contributed by atoms with Gasteiger partial charge in [-0.1, -0.05) is 11.3 Å². The van der Waals surface area contributed by atoms with Gasteiger partial charge >= 0.3 is 0 Å². The Bertz CT molecular complexity index is 518. The van der Waals surface area contributed by atoms with E-state index in [1.807, 2.05) is 0 Å². The number of rotatable bonds is 0. The van der Waals surface area contributed by atoms with E-state index in [1.165, 1.54) is 22.4 Å². The molecule has 2 N–H and O–H groups in total. The summed E-state index contributed by atoms with van der Waals surface area (Å²) in [5.41, 5.74) is 9.57. The highest BCUT2D eigenvalue weighted by Gasteiger charge is 2.17. The average molecular weight is 219 g/mol. The lowest BCUT2D eigenvalue weighted by Crippen LogP contribution is -2.24. The molecule has 0 bridgehead atoms. The molecule has 0 amide bonds. The standard InChI is InChI=1S/C11H13N3S/c1-14-6-2-3-7-9(14)5-4-8-10(7)15-11(12)13-8/h4-5H,2-3,6H2,1H3,(H2,12,13). The molecule has 1 aliphatic rings. The molecule has 0 saturated heterocycles. The van der Waals surface area contributed by atoms with Crippen molar-refractivity contribution in [3.8, 4) is 0 Å². The lowest BCUT2D eigenvalue weighted by molar-refractivity contribution is 0.750. The van der Waals surface area contributed by atoms with Gasteiger partial charge in [-0.05, 0) is 30.5 Å². The van der Waals surface area contributed by atoms with Gasteiger partial charge in [0.05, 0.1) is 10.2 Å². The molecular formula is C11H13N3S. The van der Waals surface area contributed by atoms with Crippen LogP contribution in [0.5, 0.6) is 0 Å². The Balaban J connectivity index is 2.32. The van der Waals surface area contributed by atoms with Gasteiger partial charge in [0.15, 0.2) is 5.13 Å². The van der Waals surface area contributed by atoms with Crippen LogP contribution in [0.2, 0.25) is 0 Å². The molecule has 0 aliphatic carbocycles. The third kappa shape index (κ3) is 1.28. The highest BCUT2D eigenvalue weighted by atomic mass is 32.1. The number of benzene rings is 1. The number of nitrogens with two attached hydrogens (primary N) is 1. The molecule has 15 heavy (non-hydrogen) atoms. The van der Waals surface area contributed by atoms with Gasteiger partial charge in [-0.15, -0.1) is 0 Å². The van der Waals surface area contributed by atoms with Crippen LogP contribution in [0, 0.1) is 0 Å². The molecule has 0 fully saturated rings. The molecule has 3 nitrogen and oxygen atoms in total. The highest BCUT2D eigenvalue weighted by Crippen LogP contribution is 2.36. The second-order valence-corrected chi connectivity index (χ2v) is 5.02. The van der Waals surface area contributed by atoms with Crippen molar-refractivity contribution in [3.63, 3.8) is 0 Å². The van der Waals surface area contributed by atoms with Gasteiger partial charge in [0.2, 0.25) is 0 Å². The third-order valence-electron chi connectivity index (χ3n) is 2.98. The number of hydrogen-bond acceptors (Lipinski definition) is 4. The molecule has 0 spiro atoms. The van der Waals surface area contributed by atoms with Crippen LogP contribution in [-0.2, 0) is 6.42 Å². The van der Waals surface area contributed by atoms with E-state index in [9.17, 15) is 0 Å². The molecule has 78 valence electrons. The Kier molecular flexibility index (Phi) is 1.85. The summed E-state index contributed by atoms with van der Waals surface area (Å²) >= 11 is 1.61. The van der Waals surface area contributed by atoms with Gasteiger partial charge in [0, 0.05) is 19.3 Å². The first kappa shape index (κ1) is 8.97. The highest BCUT2D eigenvalue weighted by molar-refractivity contribution is 7.22. The largest absolute Gasteiger partial charge is 0.375 e. The van der Waals surface area contributed by atoms with Crippen LogP contribution in [0.15, 0.2) is 12.1 Å². The van der Waals surface area contributed by atoms with Crippen LogP contribution < -0.4 is 10.6 Å². The lowest BCUT2D eigenvalue weighted by atomic mass is 10.0. The van der Waals surface area contributed by atoms with E-state index in [0.717, 1.165) is 18.5 Å². The summed E-state index contributed by atoms with van der Waals surface area (Å²) in [6.45, 7) is 1.15. The Morgan fingerprint density at radius 3 is 3.20 bits per heavy atom. The van der Waals surface area contributed by atoms with Crippen molar-refractivity contribution in [2.24, 2.45) is 0 Å². The maximum atomic E-state index is 5.75. The molecule has 3 rings (SSSR count). The SMILES string of the molecule is CN1CCCc2c1ccc1nc(N)sc21. The van der Waals surface area contributed by atoms with Gasteiger partial charge in [-0.2, -0.15) is 0 Å². The second kappa shape index (κ2) is 3.10. The summed E-state index contributed by atoms with van der Waals surface area (Å²) in [5.74, 6) is 0. The molecule has 2 heterocycles. The summed E-state index contributed by atoms with van der Waals surface area (Å²) in [6, 6.07) is 4.23. The molecule has 0 radical (unpaired) electrons. The Labute approximate surface area is 92.5 Å². The summed E-state index contributed by atoms with van der Waals surface area (Å²) in [4.78, 5) is 6.64. The zero-order chi connectivity index (χ0) is 10.4. The predicted octanol–water partition coefficient (Wildman–Crippen LogP) is 2.26. The average Bonchev–Trinajstić information content (AvgIpc) is 2.59. The minimum absolute atomic E-state index is 0.673. The maximum Gasteiger partial charge on any atom is 0.181 e. The van der Waals surface area contributed by atoms with Crippen LogP contribution in [0.4, 0.5) is 10.8 Å². The second-order valence-electron chi connectivity index (χ2n) is 3.99. The molecule has 0 saturated carbocycles. The summed E-state index contributed by atoms with van der Waals surface area (Å²) < 4.78 is 1.27. The zero-order valence-electron chi connectivity index (χ0n) is 8.66. The van der Waals surface area contributed by atoms with Gasteiger partial charge < -0.3 is 10.6 Å². The number of hydrogen-bond donors (Lipinski definition) is 1.